The molecular weight excluding hydrogens is 312 g/mol. The zero-order chi connectivity index (χ0) is 16.2. The number of ether oxygens (including phenoxy) is 1. The SMILES string of the molecule is CC(=O)Oc1ccc([C@@H](c2cccs2)N2CCNCC2)cc1O. The summed E-state index contributed by atoms with van der Waals surface area (Å²) >= 11 is 1.71. The van der Waals surface area contributed by atoms with Crippen molar-refractivity contribution in [2.75, 3.05) is 26.2 Å². The van der Waals surface area contributed by atoms with Gasteiger partial charge < -0.3 is 15.2 Å². The molecule has 2 heterocycles. The lowest BCUT2D eigenvalue weighted by Gasteiger charge is -2.34. The van der Waals surface area contributed by atoms with E-state index in [0.717, 1.165) is 31.7 Å². The number of thiophene rings is 1. The van der Waals surface area contributed by atoms with Gasteiger partial charge in [-0.25, -0.2) is 0 Å². The molecule has 2 N–H and O–H groups in total. The molecule has 1 aromatic heterocycles. The Hall–Kier alpha value is -1.89. The van der Waals surface area contributed by atoms with Crippen LogP contribution in [0.4, 0.5) is 0 Å². The van der Waals surface area contributed by atoms with Crippen LogP contribution in [0.3, 0.4) is 0 Å². The number of carbonyl (C=O) groups excluding carboxylic acids is 1. The molecular formula is C17H20N2O3S. The molecule has 23 heavy (non-hydrogen) atoms. The average molecular weight is 332 g/mol. The normalized spacial score (nSPS) is 16.9. The van der Waals surface area contributed by atoms with Crippen molar-refractivity contribution in [1.82, 2.24) is 10.2 Å². The summed E-state index contributed by atoms with van der Waals surface area (Å²) in [6, 6.07) is 9.55. The lowest BCUT2D eigenvalue weighted by atomic mass is 10.0. The van der Waals surface area contributed by atoms with Crippen molar-refractivity contribution in [1.29, 1.82) is 0 Å². The van der Waals surface area contributed by atoms with Gasteiger partial charge in [0.15, 0.2) is 11.5 Å². The van der Waals surface area contributed by atoms with Crippen LogP contribution in [0, 0.1) is 0 Å². The van der Waals surface area contributed by atoms with E-state index in [1.54, 1.807) is 23.5 Å². The first-order chi connectivity index (χ1) is 11.1. The summed E-state index contributed by atoms with van der Waals surface area (Å²) in [5.41, 5.74) is 1.00. The fourth-order valence-electron chi connectivity index (χ4n) is 2.89. The first-order valence-electron chi connectivity index (χ1n) is 7.64. The van der Waals surface area contributed by atoms with Gasteiger partial charge in [-0.15, -0.1) is 11.3 Å². The van der Waals surface area contributed by atoms with Crippen LogP contribution >= 0.6 is 11.3 Å². The third-order valence-corrected chi connectivity index (χ3v) is 4.81. The Morgan fingerprint density at radius 1 is 1.35 bits per heavy atom. The second-order valence-corrected chi connectivity index (χ2v) is 6.50. The topological polar surface area (TPSA) is 61.8 Å². The van der Waals surface area contributed by atoms with E-state index in [4.69, 9.17) is 4.74 Å². The number of hydrogen-bond donors (Lipinski definition) is 2. The molecule has 1 aromatic carbocycles. The second-order valence-electron chi connectivity index (χ2n) is 5.52. The Morgan fingerprint density at radius 2 is 2.13 bits per heavy atom. The third kappa shape index (κ3) is 3.72. The molecule has 0 bridgehead atoms. The molecule has 0 unspecified atom stereocenters. The van der Waals surface area contributed by atoms with E-state index in [9.17, 15) is 9.90 Å². The van der Waals surface area contributed by atoms with Crippen molar-refractivity contribution >= 4 is 17.3 Å². The summed E-state index contributed by atoms with van der Waals surface area (Å²) < 4.78 is 5.01. The van der Waals surface area contributed by atoms with Crippen molar-refractivity contribution in [3.63, 3.8) is 0 Å². The molecule has 1 aliphatic heterocycles. The van der Waals surface area contributed by atoms with E-state index in [0.29, 0.717) is 0 Å². The van der Waals surface area contributed by atoms with Crippen LogP contribution in [-0.4, -0.2) is 42.2 Å². The van der Waals surface area contributed by atoms with Gasteiger partial charge in [-0.1, -0.05) is 12.1 Å². The van der Waals surface area contributed by atoms with Crippen molar-refractivity contribution in [2.45, 2.75) is 13.0 Å². The van der Waals surface area contributed by atoms with Crippen molar-refractivity contribution in [3.8, 4) is 11.5 Å². The molecule has 0 saturated carbocycles. The number of aromatic hydroxyl groups is 1. The number of hydrogen-bond acceptors (Lipinski definition) is 6. The fourth-order valence-corrected chi connectivity index (χ4v) is 3.77. The average Bonchev–Trinajstić information content (AvgIpc) is 3.05. The van der Waals surface area contributed by atoms with Crippen LogP contribution in [0.15, 0.2) is 35.7 Å². The minimum atomic E-state index is -0.440. The lowest BCUT2D eigenvalue weighted by Crippen LogP contribution is -2.45. The first kappa shape index (κ1) is 16.0. The highest BCUT2D eigenvalue weighted by atomic mass is 32.1. The van der Waals surface area contributed by atoms with E-state index >= 15 is 0 Å². The highest BCUT2D eigenvalue weighted by Gasteiger charge is 2.25. The Labute approximate surface area is 139 Å². The molecule has 3 rings (SSSR count). The molecule has 2 aromatic rings. The van der Waals surface area contributed by atoms with Crippen molar-refractivity contribution < 1.29 is 14.6 Å². The summed E-state index contributed by atoms with van der Waals surface area (Å²) in [4.78, 5) is 14.7. The summed E-state index contributed by atoms with van der Waals surface area (Å²) in [6.45, 7) is 5.14. The van der Waals surface area contributed by atoms with Gasteiger partial charge in [0, 0.05) is 38.0 Å². The third-order valence-electron chi connectivity index (χ3n) is 3.88. The zero-order valence-corrected chi connectivity index (χ0v) is 13.8. The van der Waals surface area contributed by atoms with Gasteiger partial charge in [0.1, 0.15) is 0 Å². The molecule has 5 nitrogen and oxygen atoms in total. The number of phenols is 1. The maximum Gasteiger partial charge on any atom is 0.308 e. The monoisotopic (exact) mass is 332 g/mol. The molecule has 6 heteroatoms. The van der Waals surface area contributed by atoms with Gasteiger partial charge in [0.2, 0.25) is 0 Å². The summed E-state index contributed by atoms with van der Waals surface area (Å²) in [6.07, 6.45) is 0. The molecule has 1 atom stereocenters. The van der Waals surface area contributed by atoms with E-state index in [1.807, 2.05) is 12.1 Å². The standard InChI is InChI=1S/C17H20N2O3S/c1-12(20)22-15-5-4-13(11-14(15)21)17(16-3-2-10-23-16)19-8-6-18-7-9-19/h2-5,10-11,17-18,21H,6-9H2,1H3/t17-/m0/s1. The number of benzene rings is 1. The predicted octanol–water partition coefficient (Wildman–Crippen LogP) is 2.37. The van der Waals surface area contributed by atoms with E-state index in [1.165, 1.54) is 11.8 Å². The second kappa shape index (κ2) is 7.12. The maximum absolute atomic E-state index is 11.1. The van der Waals surface area contributed by atoms with Gasteiger partial charge in [0.05, 0.1) is 6.04 Å². The molecule has 0 amide bonds. The molecule has 0 aliphatic carbocycles. The molecule has 1 saturated heterocycles. The van der Waals surface area contributed by atoms with Crippen LogP contribution in [0.25, 0.3) is 0 Å². The molecule has 1 fully saturated rings. The summed E-state index contributed by atoms with van der Waals surface area (Å²) in [7, 11) is 0. The van der Waals surface area contributed by atoms with Gasteiger partial charge in [-0.3, -0.25) is 9.69 Å². The largest absolute Gasteiger partial charge is 0.504 e. The number of nitrogens with zero attached hydrogens (tertiary/aromatic N) is 1. The van der Waals surface area contributed by atoms with Crippen LogP contribution in [0.2, 0.25) is 0 Å². The number of piperazine rings is 1. The zero-order valence-electron chi connectivity index (χ0n) is 13.0. The number of esters is 1. The van der Waals surface area contributed by atoms with Gasteiger partial charge in [0.25, 0.3) is 0 Å². The van der Waals surface area contributed by atoms with Gasteiger partial charge >= 0.3 is 5.97 Å². The minimum Gasteiger partial charge on any atom is -0.504 e. The quantitative estimate of drug-likeness (QED) is 0.665. The summed E-state index contributed by atoms with van der Waals surface area (Å²) in [5.74, 6) is -0.245. The molecule has 0 radical (unpaired) electrons. The van der Waals surface area contributed by atoms with Crippen molar-refractivity contribution in [2.24, 2.45) is 0 Å². The molecule has 1 aliphatic rings. The number of nitrogens with one attached hydrogen (secondary N) is 1. The summed E-state index contributed by atoms with van der Waals surface area (Å²) in [5, 5.41) is 15.6. The number of phenolic OH excluding ortho intramolecular Hbond substituents is 1. The predicted molar refractivity (Wildman–Crippen MR) is 90.0 cm³/mol. The molecule has 122 valence electrons. The van der Waals surface area contributed by atoms with Crippen LogP contribution in [0.5, 0.6) is 11.5 Å². The first-order valence-corrected chi connectivity index (χ1v) is 8.52. The van der Waals surface area contributed by atoms with Crippen LogP contribution in [0.1, 0.15) is 23.4 Å². The van der Waals surface area contributed by atoms with E-state index < -0.39 is 5.97 Å². The smallest absolute Gasteiger partial charge is 0.308 e. The van der Waals surface area contributed by atoms with Gasteiger partial charge in [-0.2, -0.15) is 0 Å². The van der Waals surface area contributed by atoms with Crippen LogP contribution in [-0.2, 0) is 4.79 Å². The lowest BCUT2D eigenvalue weighted by molar-refractivity contribution is -0.132. The Bertz CT molecular complexity index is 666. The number of rotatable bonds is 4. The molecule has 0 spiro atoms. The fraction of sp³-hybridized carbons (Fsp3) is 0.353. The Kier molecular flexibility index (Phi) is 4.95. The van der Waals surface area contributed by atoms with Crippen LogP contribution < -0.4 is 10.1 Å². The minimum absolute atomic E-state index is 0.00519. The highest BCUT2D eigenvalue weighted by molar-refractivity contribution is 7.10. The van der Waals surface area contributed by atoms with Crippen molar-refractivity contribution in [3.05, 3.63) is 46.2 Å². The Morgan fingerprint density at radius 3 is 2.74 bits per heavy atom. The highest BCUT2D eigenvalue weighted by Crippen LogP contribution is 2.36. The maximum atomic E-state index is 11.1. The number of carbonyl (C=O) groups is 1. The van der Waals surface area contributed by atoms with Gasteiger partial charge in [-0.05, 0) is 29.1 Å². The van der Waals surface area contributed by atoms with E-state index in [2.05, 4.69) is 21.7 Å². The Balaban J connectivity index is 1.93. The van der Waals surface area contributed by atoms with E-state index in [-0.39, 0.29) is 17.5 Å².